The van der Waals surface area contributed by atoms with E-state index in [1.54, 1.807) is 13.0 Å². The van der Waals surface area contributed by atoms with E-state index in [1.165, 1.54) is 24.5 Å². The number of halogens is 4. The lowest BCUT2D eigenvalue weighted by atomic mass is 9.92. The van der Waals surface area contributed by atoms with Gasteiger partial charge in [0.1, 0.15) is 11.8 Å². The third-order valence-corrected chi connectivity index (χ3v) is 6.84. The highest BCUT2D eigenvalue weighted by Crippen LogP contribution is 2.41. The van der Waals surface area contributed by atoms with E-state index in [1.807, 2.05) is 4.90 Å². The minimum absolute atomic E-state index is 0.00599. The first-order valence-corrected chi connectivity index (χ1v) is 12.7. The Morgan fingerprint density at radius 1 is 1.12 bits per heavy atom. The molecule has 1 aromatic carbocycles. The number of primary amides is 1. The van der Waals surface area contributed by atoms with Crippen LogP contribution in [0.5, 0.6) is 5.88 Å². The van der Waals surface area contributed by atoms with E-state index in [0.717, 1.165) is 12.1 Å². The summed E-state index contributed by atoms with van der Waals surface area (Å²) < 4.78 is 81.6. The monoisotopic (exact) mass is 561 g/mol. The van der Waals surface area contributed by atoms with Crippen LogP contribution in [0.4, 0.5) is 23.2 Å². The molecule has 0 bridgehead atoms. The van der Waals surface area contributed by atoms with Crippen LogP contribution >= 0.6 is 0 Å². The fraction of sp³-hybridized carbons (Fsp3) is 0.393. The summed E-state index contributed by atoms with van der Waals surface area (Å²) >= 11 is 0. The molecule has 0 spiro atoms. The Labute approximate surface area is 229 Å². The molecule has 2 unspecified atom stereocenters. The Bertz CT molecular complexity index is 1450. The largest absolute Gasteiger partial charge is 0.470 e. The maximum absolute atomic E-state index is 14.7. The van der Waals surface area contributed by atoms with Gasteiger partial charge in [0.25, 0.3) is 0 Å². The molecule has 2 fully saturated rings. The maximum atomic E-state index is 14.7. The molecule has 2 aliphatic heterocycles. The number of alkyl halides is 4. The number of carbonyl (C=O) groups is 1. The molecule has 2 atom stereocenters. The lowest BCUT2D eigenvalue weighted by Gasteiger charge is -2.32. The molecule has 2 aliphatic rings. The van der Waals surface area contributed by atoms with Gasteiger partial charge in [0, 0.05) is 65.4 Å². The van der Waals surface area contributed by atoms with Crippen molar-refractivity contribution in [1.82, 2.24) is 9.97 Å². The van der Waals surface area contributed by atoms with Crippen LogP contribution in [-0.4, -0.2) is 67.6 Å². The molecule has 2 saturated heterocycles. The normalized spacial score (nSPS) is 22.1. The summed E-state index contributed by atoms with van der Waals surface area (Å²) in [7, 11) is 0. The molecule has 0 radical (unpaired) electrons. The number of aryl methyl sites for hydroxylation is 1. The van der Waals surface area contributed by atoms with Gasteiger partial charge in [0.2, 0.25) is 11.8 Å². The number of benzene rings is 1. The van der Waals surface area contributed by atoms with Gasteiger partial charge in [-0.15, -0.1) is 0 Å². The number of rotatable bonds is 6. The van der Waals surface area contributed by atoms with E-state index in [9.17, 15) is 22.4 Å². The number of carbonyl (C=O) groups excluding carboxylic acids is 1. The number of nitrogens with zero attached hydrogens (tertiary/aromatic N) is 3. The zero-order valence-corrected chi connectivity index (χ0v) is 21.6. The molecule has 8 nitrogen and oxygen atoms in total. The number of hydrogen-bond donors (Lipinski definition) is 1. The van der Waals surface area contributed by atoms with Gasteiger partial charge >= 0.3 is 6.18 Å². The molecule has 40 heavy (non-hydrogen) atoms. The van der Waals surface area contributed by atoms with E-state index in [2.05, 4.69) is 9.97 Å². The Kier molecular flexibility index (Phi) is 7.53. The summed E-state index contributed by atoms with van der Waals surface area (Å²) in [6.07, 6.45) is -5.62. The predicted octanol–water partition coefficient (Wildman–Crippen LogP) is 4.58. The van der Waals surface area contributed by atoms with Crippen molar-refractivity contribution >= 4 is 11.6 Å². The molecular formula is C28H28F4N4O4. The van der Waals surface area contributed by atoms with Gasteiger partial charge in [0.15, 0.2) is 6.17 Å². The summed E-state index contributed by atoms with van der Waals surface area (Å²) in [5.41, 5.74) is 5.75. The summed E-state index contributed by atoms with van der Waals surface area (Å²) in [6, 6.07) is 6.48. The maximum Gasteiger partial charge on any atom is 0.417 e. The van der Waals surface area contributed by atoms with Crippen molar-refractivity contribution in [3.05, 3.63) is 59.5 Å². The number of anilines is 1. The standard InChI is InChI=1S/C28H28F4N4O4/c1-16-20(11-18(14-34-16)25-19(26(33)37)3-2-4-21(25)28(30,31)32)17-12-23(36-6-9-38-10-7-36)27(35-13-17)40-24-5-8-39-15-22(24)29/h2-4,11-14,22,24H,5-10,15H2,1H3,(H2,33,37)/i24D. The highest BCUT2D eigenvalue weighted by Gasteiger charge is 2.36. The number of ether oxygens (including phenoxy) is 3. The van der Waals surface area contributed by atoms with E-state index < -0.39 is 29.9 Å². The average molecular weight is 562 g/mol. The Morgan fingerprint density at radius 3 is 2.58 bits per heavy atom. The van der Waals surface area contributed by atoms with Gasteiger partial charge in [-0.2, -0.15) is 13.2 Å². The van der Waals surface area contributed by atoms with Crippen LogP contribution in [0, 0.1) is 6.92 Å². The second-order valence-corrected chi connectivity index (χ2v) is 9.46. The van der Waals surface area contributed by atoms with Gasteiger partial charge in [-0.05, 0) is 31.2 Å². The SMILES string of the molecule is [2H]C1(Oc2ncc(-c3cc(-c4c(C(N)=O)cccc4C(F)(F)F)cnc3C)cc2N2CCOCC2)CCOCC1F. The van der Waals surface area contributed by atoms with Crippen LogP contribution in [0.25, 0.3) is 22.3 Å². The molecule has 1 amide bonds. The molecule has 5 rings (SSSR count). The van der Waals surface area contributed by atoms with Crippen molar-refractivity contribution in [1.29, 1.82) is 0 Å². The van der Waals surface area contributed by atoms with Crippen LogP contribution in [0.2, 0.25) is 0 Å². The lowest BCUT2D eigenvalue weighted by Crippen LogP contribution is -2.39. The number of morpholine rings is 1. The zero-order chi connectivity index (χ0) is 29.4. The van der Waals surface area contributed by atoms with Crippen molar-refractivity contribution in [2.45, 2.75) is 31.8 Å². The third-order valence-electron chi connectivity index (χ3n) is 6.84. The fourth-order valence-electron chi connectivity index (χ4n) is 4.81. The number of aromatic nitrogens is 2. The van der Waals surface area contributed by atoms with Crippen molar-refractivity contribution < 1.29 is 37.9 Å². The van der Waals surface area contributed by atoms with Gasteiger partial charge < -0.3 is 24.8 Å². The van der Waals surface area contributed by atoms with Gasteiger partial charge in [-0.1, -0.05) is 6.07 Å². The average Bonchev–Trinajstić information content (AvgIpc) is 2.95. The van der Waals surface area contributed by atoms with Gasteiger partial charge in [0.05, 0.1) is 33.4 Å². The number of nitrogens with two attached hydrogens (primary N) is 1. The summed E-state index contributed by atoms with van der Waals surface area (Å²) in [4.78, 5) is 22.8. The second-order valence-electron chi connectivity index (χ2n) is 9.46. The predicted molar refractivity (Wildman–Crippen MR) is 139 cm³/mol. The topological polar surface area (TPSA) is 99.8 Å². The first kappa shape index (κ1) is 26.5. The summed E-state index contributed by atoms with van der Waals surface area (Å²) in [5.74, 6) is -0.954. The van der Waals surface area contributed by atoms with Crippen LogP contribution in [0.1, 0.15) is 29.4 Å². The van der Waals surface area contributed by atoms with Gasteiger partial charge in [-0.25, -0.2) is 9.37 Å². The number of pyridine rings is 2. The minimum Gasteiger partial charge on any atom is -0.470 e. The first-order valence-electron chi connectivity index (χ1n) is 13.2. The van der Waals surface area contributed by atoms with Crippen LogP contribution in [0.3, 0.4) is 0 Å². The number of hydrogen-bond acceptors (Lipinski definition) is 7. The van der Waals surface area contributed by atoms with Crippen molar-refractivity contribution in [2.24, 2.45) is 5.73 Å². The van der Waals surface area contributed by atoms with Crippen LogP contribution in [0.15, 0.2) is 42.7 Å². The summed E-state index contributed by atoms with van der Waals surface area (Å²) in [5, 5.41) is 0. The Morgan fingerprint density at radius 2 is 1.88 bits per heavy atom. The third kappa shape index (κ3) is 5.73. The van der Waals surface area contributed by atoms with Crippen LogP contribution in [-0.2, 0) is 15.7 Å². The molecule has 3 aromatic rings. The highest BCUT2D eigenvalue weighted by molar-refractivity contribution is 6.01. The van der Waals surface area contributed by atoms with E-state index in [-0.39, 0.29) is 42.2 Å². The quantitative estimate of drug-likeness (QED) is 0.440. The second kappa shape index (κ2) is 11.4. The van der Waals surface area contributed by atoms with Gasteiger partial charge in [-0.3, -0.25) is 9.78 Å². The molecule has 2 N–H and O–H groups in total. The Balaban J connectivity index is 1.62. The molecule has 0 saturated carbocycles. The molecule has 0 aliphatic carbocycles. The van der Waals surface area contributed by atoms with Crippen molar-refractivity contribution in [3.8, 4) is 28.1 Å². The van der Waals surface area contributed by atoms with E-state index >= 15 is 0 Å². The molecule has 212 valence electrons. The molecular weight excluding hydrogens is 532 g/mol. The first-order chi connectivity index (χ1) is 19.5. The Hall–Kier alpha value is -3.77. The van der Waals surface area contributed by atoms with E-state index in [4.69, 9.17) is 21.3 Å². The fourth-order valence-corrected chi connectivity index (χ4v) is 4.81. The molecule has 2 aromatic heterocycles. The van der Waals surface area contributed by atoms with Crippen molar-refractivity contribution in [2.75, 3.05) is 44.4 Å². The molecule has 12 heteroatoms. The highest BCUT2D eigenvalue weighted by atomic mass is 19.4. The summed E-state index contributed by atoms with van der Waals surface area (Å²) in [6.45, 7) is 3.40. The lowest BCUT2D eigenvalue weighted by molar-refractivity contribution is -0.137. The van der Waals surface area contributed by atoms with Crippen LogP contribution < -0.4 is 15.4 Å². The van der Waals surface area contributed by atoms with Crippen molar-refractivity contribution in [3.63, 3.8) is 0 Å². The zero-order valence-electron chi connectivity index (χ0n) is 22.6. The minimum atomic E-state index is -4.75. The molecule has 4 heterocycles. The smallest absolute Gasteiger partial charge is 0.417 e. The number of amides is 1. The van der Waals surface area contributed by atoms with E-state index in [0.29, 0.717) is 48.8 Å².